The van der Waals surface area contributed by atoms with Gasteiger partial charge in [-0.15, -0.1) is 0 Å². The summed E-state index contributed by atoms with van der Waals surface area (Å²) in [5.41, 5.74) is 1.76. The molecule has 0 radical (unpaired) electrons. The molecular formula is C23H28ClN5O3. The van der Waals surface area contributed by atoms with Gasteiger partial charge in [0.1, 0.15) is 11.8 Å². The first-order valence-corrected chi connectivity index (χ1v) is 11.1. The van der Waals surface area contributed by atoms with Gasteiger partial charge in [0, 0.05) is 51.7 Å². The van der Waals surface area contributed by atoms with Crippen molar-refractivity contribution < 1.29 is 14.0 Å². The fraction of sp³-hybridized carbons (Fsp3) is 0.435. The van der Waals surface area contributed by atoms with Gasteiger partial charge < -0.3 is 14.2 Å². The van der Waals surface area contributed by atoms with E-state index in [4.69, 9.17) is 21.1 Å². The number of carbonyl (C=O) groups is 2. The molecule has 2 aliphatic heterocycles. The SMILES string of the molecule is CC(C(=O)N1N=C(c2ccc(Cl)cc2)CC1c1ccco1)N1CCN(C(=O)N(C)C)CC1. The Morgan fingerprint density at radius 2 is 1.81 bits per heavy atom. The average Bonchev–Trinajstić information content (AvgIpc) is 3.48. The molecule has 2 atom stereocenters. The van der Waals surface area contributed by atoms with Crippen LogP contribution in [-0.4, -0.2) is 83.7 Å². The number of carbonyl (C=O) groups excluding carboxylic acids is 2. The maximum atomic E-state index is 13.5. The Morgan fingerprint density at radius 3 is 2.41 bits per heavy atom. The molecule has 0 bridgehead atoms. The van der Waals surface area contributed by atoms with Crippen LogP contribution in [0.25, 0.3) is 0 Å². The molecule has 1 saturated heterocycles. The van der Waals surface area contributed by atoms with Gasteiger partial charge in [0.05, 0.1) is 18.0 Å². The second-order valence-electron chi connectivity index (χ2n) is 8.35. The van der Waals surface area contributed by atoms with Crippen LogP contribution in [0, 0.1) is 0 Å². The lowest BCUT2D eigenvalue weighted by Gasteiger charge is -2.39. The molecule has 32 heavy (non-hydrogen) atoms. The highest BCUT2D eigenvalue weighted by Crippen LogP contribution is 2.34. The van der Waals surface area contributed by atoms with E-state index in [2.05, 4.69) is 4.90 Å². The summed E-state index contributed by atoms with van der Waals surface area (Å²) < 4.78 is 5.64. The van der Waals surface area contributed by atoms with Crippen molar-refractivity contribution >= 4 is 29.3 Å². The largest absolute Gasteiger partial charge is 0.467 e. The van der Waals surface area contributed by atoms with Crippen molar-refractivity contribution in [3.05, 3.63) is 59.0 Å². The molecule has 9 heteroatoms. The van der Waals surface area contributed by atoms with E-state index in [1.165, 1.54) is 0 Å². The van der Waals surface area contributed by atoms with Crippen LogP contribution in [0.1, 0.15) is 30.7 Å². The molecule has 2 unspecified atom stereocenters. The molecule has 3 amide bonds. The number of rotatable bonds is 4. The van der Waals surface area contributed by atoms with Crippen LogP contribution in [-0.2, 0) is 4.79 Å². The number of amides is 3. The monoisotopic (exact) mass is 457 g/mol. The summed E-state index contributed by atoms with van der Waals surface area (Å²) in [4.78, 5) is 31.2. The predicted molar refractivity (Wildman–Crippen MR) is 123 cm³/mol. The standard InChI is InChI=1S/C23H28ClN5O3/c1-16(27-10-12-28(13-11-27)23(31)26(2)3)22(30)29-20(21-5-4-14-32-21)15-19(25-29)17-6-8-18(24)9-7-17/h4-9,14,16,20H,10-13,15H2,1-3H3. The van der Waals surface area contributed by atoms with E-state index in [-0.39, 0.29) is 24.0 Å². The van der Waals surface area contributed by atoms with Gasteiger partial charge in [0.2, 0.25) is 0 Å². The van der Waals surface area contributed by atoms with Gasteiger partial charge in [0.25, 0.3) is 5.91 Å². The minimum Gasteiger partial charge on any atom is -0.467 e. The zero-order chi connectivity index (χ0) is 22.8. The molecule has 3 heterocycles. The molecule has 2 aliphatic rings. The van der Waals surface area contributed by atoms with Crippen molar-refractivity contribution in [2.24, 2.45) is 5.10 Å². The Morgan fingerprint density at radius 1 is 1.12 bits per heavy atom. The Balaban J connectivity index is 1.50. The summed E-state index contributed by atoms with van der Waals surface area (Å²) in [6.45, 7) is 4.37. The van der Waals surface area contributed by atoms with Gasteiger partial charge in [-0.2, -0.15) is 5.10 Å². The summed E-state index contributed by atoms with van der Waals surface area (Å²) in [7, 11) is 3.50. The molecule has 1 aromatic carbocycles. The molecule has 2 aromatic rings. The Bertz CT molecular complexity index is 982. The molecule has 0 N–H and O–H groups in total. The molecule has 170 valence electrons. The summed E-state index contributed by atoms with van der Waals surface area (Å²) in [6, 6.07) is 10.5. The van der Waals surface area contributed by atoms with E-state index in [0.29, 0.717) is 43.4 Å². The van der Waals surface area contributed by atoms with Crippen LogP contribution in [0.2, 0.25) is 5.02 Å². The van der Waals surface area contributed by atoms with Crippen LogP contribution in [0.5, 0.6) is 0 Å². The lowest BCUT2D eigenvalue weighted by atomic mass is 10.0. The minimum absolute atomic E-state index is 0.00161. The van der Waals surface area contributed by atoms with Crippen LogP contribution >= 0.6 is 11.6 Å². The summed E-state index contributed by atoms with van der Waals surface area (Å²) in [5.74, 6) is 0.627. The highest BCUT2D eigenvalue weighted by Gasteiger charge is 2.39. The van der Waals surface area contributed by atoms with Crippen LogP contribution in [0.3, 0.4) is 0 Å². The molecule has 1 fully saturated rings. The van der Waals surface area contributed by atoms with E-state index in [9.17, 15) is 9.59 Å². The number of halogens is 1. The van der Waals surface area contributed by atoms with Crippen molar-refractivity contribution in [3.8, 4) is 0 Å². The molecule has 0 saturated carbocycles. The van der Waals surface area contributed by atoms with E-state index in [1.54, 1.807) is 30.3 Å². The third-order valence-electron chi connectivity index (χ3n) is 6.06. The number of hydrogen-bond acceptors (Lipinski definition) is 5. The average molecular weight is 458 g/mol. The van der Waals surface area contributed by atoms with Gasteiger partial charge in [0.15, 0.2) is 0 Å². The lowest BCUT2D eigenvalue weighted by molar-refractivity contribution is -0.139. The molecule has 1 aromatic heterocycles. The van der Waals surface area contributed by atoms with Crippen molar-refractivity contribution in [2.75, 3.05) is 40.3 Å². The quantitative estimate of drug-likeness (QED) is 0.706. The van der Waals surface area contributed by atoms with Crippen LogP contribution in [0.4, 0.5) is 4.79 Å². The summed E-state index contributed by atoms with van der Waals surface area (Å²) in [5, 5.41) is 6.92. The zero-order valence-corrected chi connectivity index (χ0v) is 19.3. The minimum atomic E-state index is -0.364. The van der Waals surface area contributed by atoms with Crippen LogP contribution in [0.15, 0.2) is 52.2 Å². The maximum Gasteiger partial charge on any atom is 0.319 e. The number of urea groups is 1. The summed E-state index contributed by atoms with van der Waals surface area (Å²) in [6.07, 6.45) is 2.18. The first kappa shape index (κ1) is 22.4. The normalized spacial score (nSPS) is 20.2. The second-order valence-corrected chi connectivity index (χ2v) is 8.78. The third kappa shape index (κ3) is 4.52. The number of benzene rings is 1. The zero-order valence-electron chi connectivity index (χ0n) is 18.6. The van der Waals surface area contributed by atoms with Gasteiger partial charge in [-0.25, -0.2) is 9.80 Å². The van der Waals surface area contributed by atoms with E-state index < -0.39 is 0 Å². The van der Waals surface area contributed by atoms with E-state index in [1.807, 2.05) is 48.2 Å². The third-order valence-corrected chi connectivity index (χ3v) is 6.31. The molecular weight excluding hydrogens is 430 g/mol. The van der Waals surface area contributed by atoms with E-state index >= 15 is 0 Å². The van der Waals surface area contributed by atoms with Gasteiger partial charge >= 0.3 is 6.03 Å². The fourth-order valence-electron chi connectivity index (χ4n) is 4.16. The number of hydrazone groups is 1. The lowest BCUT2D eigenvalue weighted by Crippen LogP contribution is -2.56. The molecule has 4 rings (SSSR count). The first-order valence-electron chi connectivity index (χ1n) is 10.8. The second kappa shape index (κ2) is 9.34. The molecule has 0 aliphatic carbocycles. The number of furan rings is 1. The Hall–Kier alpha value is -2.84. The molecule has 8 nitrogen and oxygen atoms in total. The van der Waals surface area contributed by atoms with Gasteiger partial charge in [-0.1, -0.05) is 23.7 Å². The molecule has 0 spiro atoms. The maximum absolute atomic E-state index is 13.5. The van der Waals surface area contributed by atoms with Crippen LogP contribution < -0.4 is 0 Å². The summed E-state index contributed by atoms with van der Waals surface area (Å²) >= 11 is 6.03. The number of piperazine rings is 1. The van der Waals surface area contributed by atoms with Crippen molar-refractivity contribution in [2.45, 2.75) is 25.4 Å². The smallest absolute Gasteiger partial charge is 0.319 e. The van der Waals surface area contributed by atoms with Gasteiger partial charge in [-0.3, -0.25) is 9.69 Å². The Labute approximate surface area is 193 Å². The fourth-order valence-corrected chi connectivity index (χ4v) is 4.29. The topological polar surface area (TPSA) is 72.6 Å². The van der Waals surface area contributed by atoms with Crippen molar-refractivity contribution in [1.29, 1.82) is 0 Å². The number of nitrogens with zero attached hydrogens (tertiary/aromatic N) is 5. The first-order chi connectivity index (χ1) is 15.3. The Kier molecular flexibility index (Phi) is 6.53. The van der Waals surface area contributed by atoms with Crippen molar-refractivity contribution in [3.63, 3.8) is 0 Å². The van der Waals surface area contributed by atoms with Gasteiger partial charge in [-0.05, 0) is 36.8 Å². The highest BCUT2D eigenvalue weighted by molar-refractivity contribution is 6.30. The number of hydrogen-bond donors (Lipinski definition) is 0. The van der Waals surface area contributed by atoms with E-state index in [0.717, 1.165) is 11.3 Å². The predicted octanol–water partition coefficient (Wildman–Crippen LogP) is 3.30. The highest BCUT2D eigenvalue weighted by atomic mass is 35.5. The van der Waals surface area contributed by atoms with Crippen molar-refractivity contribution in [1.82, 2.24) is 19.7 Å².